The molecule has 1 aromatic carbocycles. The lowest BCUT2D eigenvalue weighted by Gasteiger charge is -2.29. The molecule has 1 unspecified atom stereocenters. The standard InChI is InChI=1S/C16H22F3NO/c1-12(2)20-9-4-7-15(21,8-10-20)13-5-3-6-14(11-13)16(17,18)19/h3,5-6,11-12,21H,4,7-10H2,1-2H3. The molecule has 1 atom stereocenters. The molecular formula is C16H22F3NO. The molecule has 2 nitrogen and oxygen atoms in total. The Kier molecular flexibility index (Phi) is 4.63. The fraction of sp³-hybridized carbons (Fsp3) is 0.625. The minimum Gasteiger partial charge on any atom is -0.385 e. The third-order valence-corrected chi connectivity index (χ3v) is 4.31. The largest absolute Gasteiger partial charge is 0.416 e. The zero-order chi connectivity index (χ0) is 15.7. The van der Waals surface area contributed by atoms with Gasteiger partial charge in [0.2, 0.25) is 0 Å². The molecule has 5 heteroatoms. The highest BCUT2D eigenvalue weighted by molar-refractivity contribution is 5.30. The van der Waals surface area contributed by atoms with Crippen LogP contribution in [0, 0.1) is 0 Å². The molecule has 1 aromatic rings. The molecule has 0 spiro atoms. The number of alkyl halides is 3. The smallest absolute Gasteiger partial charge is 0.385 e. The minimum atomic E-state index is -4.37. The number of likely N-dealkylation sites (tertiary alicyclic amines) is 1. The third-order valence-electron chi connectivity index (χ3n) is 4.31. The van der Waals surface area contributed by atoms with Crippen molar-refractivity contribution in [2.45, 2.75) is 50.9 Å². The molecule has 1 N–H and O–H groups in total. The van der Waals surface area contributed by atoms with Crippen LogP contribution in [0.3, 0.4) is 0 Å². The summed E-state index contributed by atoms with van der Waals surface area (Å²) in [5.74, 6) is 0. The second-order valence-corrected chi connectivity index (χ2v) is 6.09. The number of aliphatic hydroxyl groups is 1. The highest BCUT2D eigenvalue weighted by atomic mass is 19.4. The van der Waals surface area contributed by atoms with E-state index in [1.165, 1.54) is 6.07 Å². The second kappa shape index (κ2) is 5.97. The quantitative estimate of drug-likeness (QED) is 0.898. The Morgan fingerprint density at radius 2 is 1.90 bits per heavy atom. The second-order valence-electron chi connectivity index (χ2n) is 6.09. The van der Waals surface area contributed by atoms with Crippen LogP contribution in [-0.2, 0) is 11.8 Å². The molecule has 1 saturated heterocycles. The summed E-state index contributed by atoms with van der Waals surface area (Å²) >= 11 is 0. The number of halogens is 3. The van der Waals surface area contributed by atoms with Gasteiger partial charge in [0.15, 0.2) is 0 Å². The molecule has 2 rings (SSSR count). The van der Waals surface area contributed by atoms with E-state index in [9.17, 15) is 18.3 Å². The van der Waals surface area contributed by atoms with E-state index in [-0.39, 0.29) is 0 Å². The molecule has 1 fully saturated rings. The zero-order valence-electron chi connectivity index (χ0n) is 12.5. The fourth-order valence-electron chi connectivity index (χ4n) is 2.93. The van der Waals surface area contributed by atoms with Crippen LogP contribution < -0.4 is 0 Å². The number of hydrogen-bond donors (Lipinski definition) is 1. The normalized spacial score (nSPS) is 25.1. The molecule has 1 aliphatic heterocycles. The van der Waals surface area contributed by atoms with Crippen LogP contribution in [0.1, 0.15) is 44.2 Å². The van der Waals surface area contributed by atoms with Crippen LogP contribution >= 0.6 is 0 Å². The van der Waals surface area contributed by atoms with Crippen molar-refractivity contribution in [3.63, 3.8) is 0 Å². The van der Waals surface area contributed by atoms with E-state index in [0.29, 0.717) is 31.0 Å². The molecule has 0 aliphatic carbocycles. The minimum absolute atomic E-state index is 0.378. The lowest BCUT2D eigenvalue weighted by atomic mass is 9.86. The summed E-state index contributed by atoms with van der Waals surface area (Å²) in [6, 6.07) is 5.49. The van der Waals surface area contributed by atoms with Crippen molar-refractivity contribution in [2.24, 2.45) is 0 Å². The van der Waals surface area contributed by atoms with Crippen molar-refractivity contribution in [2.75, 3.05) is 13.1 Å². The van der Waals surface area contributed by atoms with Gasteiger partial charge < -0.3 is 10.0 Å². The maximum Gasteiger partial charge on any atom is 0.416 e. The van der Waals surface area contributed by atoms with E-state index in [0.717, 1.165) is 25.1 Å². The Labute approximate surface area is 123 Å². The van der Waals surface area contributed by atoms with Gasteiger partial charge in [-0.15, -0.1) is 0 Å². The van der Waals surface area contributed by atoms with Crippen LogP contribution in [0.15, 0.2) is 24.3 Å². The van der Waals surface area contributed by atoms with Crippen molar-refractivity contribution >= 4 is 0 Å². The summed E-state index contributed by atoms with van der Waals surface area (Å²) in [6.45, 7) is 5.76. The van der Waals surface area contributed by atoms with Gasteiger partial charge in [0, 0.05) is 12.6 Å². The Morgan fingerprint density at radius 1 is 1.19 bits per heavy atom. The average molecular weight is 301 g/mol. The highest BCUT2D eigenvalue weighted by Gasteiger charge is 2.36. The first-order valence-electron chi connectivity index (χ1n) is 7.36. The Bertz CT molecular complexity index is 487. The lowest BCUT2D eigenvalue weighted by Crippen LogP contribution is -2.33. The highest BCUT2D eigenvalue weighted by Crippen LogP contribution is 2.36. The van der Waals surface area contributed by atoms with Gasteiger partial charge in [0.1, 0.15) is 0 Å². The van der Waals surface area contributed by atoms with Gasteiger partial charge in [0.25, 0.3) is 0 Å². The summed E-state index contributed by atoms with van der Waals surface area (Å²) in [6.07, 6.45) is -2.63. The van der Waals surface area contributed by atoms with Crippen LogP contribution in [0.2, 0.25) is 0 Å². The first kappa shape index (κ1) is 16.3. The fourth-order valence-corrected chi connectivity index (χ4v) is 2.93. The summed E-state index contributed by atoms with van der Waals surface area (Å²) in [7, 11) is 0. The molecule has 0 amide bonds. The maximum absolute atomic E-state index is 12.8. The summed E-state index contributed by atoms with van der Waals surface area (Å²) in [4.78, 5) is 2.26. The number of nitrogens with zero attached hydrogens (tertiary/aromatic N) is 1. The lowest BCUT2D eigenvalue weighted by molar-refractivity contribution is -0.137. The molecular weight excluding hydrogens is 279 g/mol. The van der Waals surface area contributed by atoms with Crippen LogP contribution in [0.25, 0.3) is 0 Å². The molecule has 0 bridgehead atoms. The van der Waals surface area contributed by atoms with Gasteiger partial charge >= 0.3 is 6.18 Å². The predicted molar refractivity (Wildman–Crippen MR) is 75.9 cm³/mol. The van der Waals surface area contributed by atoms with Gasteiger partial charge in [-0.25, -0.2) is 0 Å². The summed E-state index contributed by atoms with van der Waals surface area (Å²) < 4.78 is 38.5. The first-order chi connectivity index (χ1) is 9.72. The van der Waals surface area contributed by atoms with Crippen molar-refractivity contribution in [3.8, 4) is 0 Å². The Hall–Kier alpha value is -1.07. The van der Waals surface area contributed by atoms with Crippen molar-refractivity contribution < 1.29 is 18.3 Å². The van der Waals surface area contributed by atoms with Gasteiger partial charge in [0.05, 0.1) is 11.2 Å². The van der Waals surface area contributed by atoms with Gasteiger partial charge in [-0.1, -0.05) is 12.1 Å². The summed E-state index contributed by atoms with van der Waals surface area (Å²) in [5, 5.41) is 10.8. The molecule has 0 saturated carbocycles. The first-order valence-corrected chi connectivity index (χ1v) is 7.36. The van der Waals surface area contributed by atoms with Crippen molar-refractivity contribution in [1.82, 2.24) is 4.90 Å². The van der Waals surface area contributed by atoms with Crippen LogP contribution in [-0.4, -0.2) is 29.1 Å². The molecule has 21 heavy (non-hydrogen) atoms. The van der Waals surface area contributed by atoms with E-state index in [2.05, 4.69) is 18.7 Å². The number of hydrogen-bond acceptors (Lipinski definition) is 2. The molecule has 118 valence electrons. The van der Waals surface area contributed by atoms with Crippen molar-refractivity contribution in [3.05, 3.63) is 35.4 Å². The number of benzene rings is 1. The Morgan fingerprint density at radius 3 is 2.52 bits per heavy atom. The van der Waals surface area contributed by atoms with E-state index in [1.54, 1.807) is 6.07 Å². The third kappa shape index (κ3) is 3.77. The van der Waals surface area contributed by atoms with Crippen LogP contribution in [0.5, 0.6) is 0 Å². The number of rotatable bonds is 2. The van der Waals surface area contributed by atoms with E-state index >= 15 is 0 Å². The predicted octanol–water partition coefficient (Wildman–Crippen LogP) is 3.79. The van der Waals surface area contributed by atoms with Gasteiger partial charge in [-0.3, -0.25) is 0 Å². The molecule has 0 radical (unpaired) electrons. The maximum atomic E-state index is 12.8. The summed E-state index contributed by atoms with van der Waals surface area (Å²) in [5.41, 5.74) is -1.48. The molecule has 0 aromatic heterocycles. The van der Waals surface area contributed by atoms with E-state index in [1.807, 2.05) is 0 Å². The van der Waals surface area contributed by atoms with Gasteiger partial charge in [-0.2, -0.15) is 13.2 Å². The van der Waals surface area contributed by atoms with Crippen molar-refractivity contribution in [1.29, 1.82) is 0 Å². The van der Waals surface area contributed by atoms with E-state index in [4.69, 9.17) is 0 Å². The van der Waals surface area contributed by atoms with Gasteiger partial charge in [-0.05, 0) is 57.4 Å². The monoisotopic (exact) mass is 301 g/mol. The molecule has 1 aliphatic rings. The Balaban J connectivity index is 2.24. The zero-order valence-corrected chi connectivity index (χ0v) is 12.5. The molecule has 1 heterocycles. The van der Waals surface area contributed by atoms with E-state index < -0.39 is 17.3 Å². The average Bonchev–Trinajstić information content (AvgIpc) is 2.61. The van der Waals surface area contributed by atoms with Crippen LogP contribution in [0.4, 0.5) is 13.2 Å². The SMILES string of the molecule is CC(C)N1CCCC(O)(c2cccc(C(F)(F)F)c2)CC1. The topological polar surface area (TPSA) is 23.5 Å².